The summed E-state index contributed by atoms with van der Waals surface area (Å²) in [6.45, 7) is 3.71. The first-order chi connectivity index (χ1) is 12.5. The molecule has 5 nitrogen and oxygen atoms in total. The van der Waals surface area contributed by atoms with Crippen molar-refractivity contribution in [1.82, 2.24) is 4.90 Å². The van der Waals surface area contributed by atoms with E-state index >= 15 is 0 Å². The Hall–Kier alpha value is -3.08. The van der Waals surface area contributed by atoms with E-state index in [1.54, 1.807) is 0 Å². The Morgan fingerprint density at radius 1 is 1.15 bits per heavy atom. The topological polar surface area (TPSA) is 66.8 Å². The third kappa shape index (κ3) is 3.20. The molecule has 1 amide bonds. The van der Waals surface area contributed by atoms with Gasteiger partial charge in [0.25, 0.3) is 0 Å². The number of benzene rings is 2. The number of hydrogen-bond donors (Lipinski definition) is 1. The molecule has 0 bridgehead atoms. The fraction of sp³-hybridized carbons (Fsp3) is 0.238. The number of nitrogens with zero attached hydrogens (tertiary/aromatic N) is 1. The normalized spacial score (nSPS) is 13.4. The van der Waals surface area contributed by atoms with Crippen molar-refractivity contribution in [2.45, 2.75) is 18.4 Å². The van der Waals surface area contributed by atoms with Crippen LogP contribution in [0, 0.1) is 0 Å². The first kappa shape index (κ1) is 17.7. The zero-order valence-electron chi connectivity index (χ0n) is 14.6. The summed E-state index contributed by atoms with van der Waals surface area (Å²) in [7, 11) is 1.43. The Morgan fingerprint density at radius 3 is 2.19 bits per heavy atom. The van der Waals surface area contributed by atoms with Crippen LogP contribution in [0.25, 0.3) is 11.1 Å². The quantitative estimate of drug-likeness (QED) is 0.802. The van der Waals surface area contributed by atoms with E-state index in [-0.39, 0.29) is 18.9 Å². The highest BCUT2D eigenvalue weighted by Crippen LogP contribution is 2.44. The van der Waals surface area contributed by atoms with Crippen molar-refractivity contribution >= 4 is 12.1 Å². The minimum atomic E-state index is -1.08. The predicted molar refractivity (Wildman–Crippen MR) is 99.1 cm³/mol. The Morgan fingerprint density at radius 2 is 1.69 bits per heavy atom. The van der Waals surface area contributed by atoms with Gasteiger partial charge in [-0.2, -0.15) is 0 Å². The highest BCUT2D eigenvalue weighted by molar-refractivity contribution is 5.81. The van der Waals surface area contributed by atoms with Crippen molar-refractivity contribution < 1.29 is 19.4 Å². The lowest BCUT2D eigenvalue weighted by molar-refractivity contribution is -0.142. The maximum atomic E-state index is 12.4. The van der Waals surface area contributed by atoms with Crippen molar-refractivity contribution in [3.63, 3.8) is 0 Å². The molecule has 0 fully saturated rings. The molecule has 0 saturated carbocycles. The molecule has 0 radical (unpaired) electrons. The second-order valence-electron chi connectivity index (χ2n) is 6.29. The number of ether oxygens (including phenoxy) is 1. The zero-order chi connectivity index (χ0) is 18.7. The first-order valence-corrected chi connectivity index (χ1v) is 8.46. The van der Waals surface area contributed by atoms with Crippen LogP contribution in [0.5, 0.6) is 0 Å². The van der Waals surface area contributed by atoms with Crippen molar-refractivity contribution in [3.8, 4) is 11.1 Å². The van der Waals surface area contributed by atoms with Gasteiger partial charge in [-0.05, 0) is 28.7 Å². The summed E-state index contributed by atoms with van der Waals surface area (Å²) < 4.78 is 5.47. The van der Waals surface area contributed by atoms with Crippen molar-refractivity contribution in [1.29, 1.82) is 0 Å². The summed E-state index contributed by atoms with van der Waals surface area (Å²) in [5, 5.41) is 9.27. The van der Waals surface area contributed by atoms with E-state index in [9.17, 15) is 14.7 Å². The largest absolute Gasteiger partial charge is 0.480 e. The van der Waals surface area contributed by atoms with E-state index in [0.717, 1.165) is 27.2 Å². The van der Waals surface area contributed by atoms with Gasteiger partial charge >= 0.3 is 12.1 Å². The lowest BCUT2D eigenvalue weighted by atomic mass is 9.98. The first-order valence-electron chi connectivity index (χ1n) is 8.46. The van der Waals surface area contributed by atoms with Crippen molar-refractivity contribution in [3.05, 3.63) is 72.3 Å². The smallest absolute Gasteiger partial charge is 0.410 e. The van der Waals surface area contributed by atoms with Gasteiger partial charge in [-0.25, -0.2) is 9.59 Å². The third-order valence-corrected chi connectivity index (χ3v) is 4.77. The molecule has 1 atom stereocenters. The molecule has 0 saturated heterocycles. The fourth-order valence-electron chi connectivity index (χ4n) is 3.41. The van der Waals surface area contributed by atoms with Crippen LogP contribution in [0.3, 0.4) is 0 Å². The summed E-state index contributed by atoms with van der Waals surface area (Å²) in [4.78, 5) is 24.8. The van der Waals surface area contributed by atoms with Crippen LogP contribution in [0.15, 0.2) is 61.2 Å². The molecule has 3 rings (SSSR count). The average Bonchev–Trinajstić information content (AvgIpc) is 2.97. The lowest BCUT2D eigenvalue weighted by Crippen LogP contribution is -2.42. The second-order valence-corrected chi connectivity index (χ2v) is 6.29. The van der Waals surface area contributed by atoms with Gasteiger partial charge in [0, 0.05) is 13.0 Å². The van der Waals surface area contributed by atoms with Gasteiger partial charge in [0.15, 0.2) is 0 Å². The molecule has 1 aliphatic carbocycles. The van der Waals surface area contributed by atoms with E-state index in [1.165, 1.54) is 13.1 Å². The van der Waals surface area contributed by atoms with Gasteiger partial charge in [0.05, 0.1) is 0 Å². The number of amides is 1. The number of fused-ring (bicyclic) bond motifs is 3. The second kappa shape index (κ2) is 7.44. The molecule has 1 unspecified atom stereocenters. The Kier molecular flexibility index (Phi) is 5.07. The molecule has 0 aromatic heterocycles. The van der Waals surface area contributed by atoms with E-state index in [1.807, 2.05) is 36.4 Å². The number of likely N-dealkylation sites (N-methyl/N-ethyl adjacent to an activating group) is 1. The fourth-order valence-corrected chi connectivity index (χ4v) is 3.41. The molecule has 1 N–H and O–H groups in total. The van der Waals surface area contributed by atoms with Crippen molar-refractivity contribution in [2.75, 3.05) is 13.7 Å². The number of hydrogen-bond acceptors (Lipinski definition) is 3. The van der Waals surface area contributed by atoms with E-state index in [0.29, 0.717) is 0 Å². The van der Waals surface area contributed by atoms with Crippen molar-refractivity contribution in [2.24, 2.45) is 0 Å². The number of carbonyl (C=O) groups is 2. The SMILES string of the molecule is C=CCC(C(=O)O)N(C)C(=O)OCC1c2ccccc2-c2ccccc21. The summed E-state index contributed by atoms with van der Waals surface area (Å²) >= 11 is 0. The molecule has 2 aromatic carbocycles. The predicted octanol–water partition coefficient (Wildman–Crippen LogP) is 3.90. The number of carboxylic acids is 1. The van der Waals surface area contributed by atoms with Crippen LogP contribution in [0.4, 0.5) is 4.79 Å². The summed E-state index contributed by atoms with van der Waals surface area (Å²) in [5.74, 6) is -1.14. The molecular weight excluding hydrogens is 330 g/mol. The maximum Gasteiger partial charge on any atom is 0.410 e. The van der Waals surface area contributed by atoms with Gasteiger partial charge in [0.2, 0.25) is 0 Å². The van der Waals surface area contributed by atoms with Crippen LogP contribution in [-0.4, -0.2) is 41.8 Å². The molecule has 5 heteroatoms. The number of rotatable bonds is 6. The molecule has 0 aliphatic heterocycles. The van der Waals surface area contributed by atoms with Crippen LogP contribution in [-0.2, 0) is 9.53 Å². The molecular formula is C21H21NO4. The third-order valence-electron chi connectivity index (χ3n) is 4.77. The van der Waals surface area contributed by atoms with Crippen LogP contribution < -0.4 is 0 Å². The molecule has 1 aliphatic rings. The Bertz CT molecular complexity index is 800. The van der Waals surface area contributed by atoms with Crippen LogP contribution >= 0.6 is 0 Å². The Balaban J connectivity index is 1.76. The van der Waals surface area contributed by atoms with E-state index in [2.05, 4.69) is 18.7 Å². The number of carbonyl (C=O) groups excluding carboxylic acids is 1. The highest BCUT2D eigenvalue weighted by atomic mass is 16.6. The number of carboxylic acid groups (broad SMARTS) is 1. The summed E-state index contributed by atoms with van der Waals surface area (Å²) in [6, 6.07) is 15.1. The maximum absolute atomic E-state index is 12.4. The molecule has 2 aromatic rings. The molecule has 0 heterocycles. The molecule has 134 valence electrons. The number of aliphatic carboxylic acids is 1. The van der Waals surface area contributed by atoms with Gasteiger partial charge in [-0.1, -0.05) is 54.6 Å². The van der Waals surface area contributed by atoms with E-state index in [4.69, 9.17) is 4.74 Å². The van der Waals surface area contributed by atoms with Gasteiger partial charge in [-0.15, -0.1) is 6.58 Å². The monoisotopic (exact) mass is 351 g/mol. The van der Waals surface area contributed by atoms with Gasteiger partial charge < -0.3 is 9.84 Å². The van der Waals surface area contributed by atoms with Gasteiger partial charge in [0.1, 0.15) is 12.6 Å². The minimum Gasteiger partial charge on any atom is -0.480 e. The molecule has 0 spiro atoms. The minimum absolute atomic E-state index is 0.0533. The lowest BCUT2D eigenvalue weighted by Gasteiger charge is -2.24. The highest BCUT2D eigenvalue weighted by Gasteiger charge is 2.31. The van der Waals surface area contributed by atoms with E-state index < -0.39 is 18.1 Å². The van der Waals surface area contributed by atoms with Gasteiger partial charge in [-0.3, -0.25) is 4.90 Å². The Labute approximate surface area is 152 Å². The standard InChI is InChI=1S/C21H21NO4/c1-3-8-19(20(23)24)22(2)21(25)26-13-18-16-11-6-4-9-14(16)15-10-5-7-12-17(15)18/h3-7,9-12,18-19H,1,8,13H2,2H3,(H,23,24). The van der Waals surface area contributed by atoms with Crippen LogP contribution in [0.2, 0.25) is 0 Å². The molecule has 26 heavy (non-hydrogen) atoms. The average molecular weight is 351 g/mol. The summed E-state index contributed by atoms with van der Waals surface area (Å²) in [5.41, 5.74) is 4.52. The zero-order valence-corrected chi connectivity index (χ0v) is 14.6. The summed E-state index contributed by atoms with van der Waals surface area (Å²) in [6.07, 6.45) is 0.989. The van der Waals surface area contributed by atoms with Crippen LogP contribution in [0.1, 0.15) is 23.5 Å².